The standard InChI is InChI=1S/C17H24FNO4S/c1-12(15-11-13(18)7-8-16(15)23-2)19-17(20)9-10-24(21,22)14-5-3-4-6-14/h7-8,11-12,14H,3-6,9-10H2,1-2H3,(H,19,20). The number of carbonyl (C=O) groups excluding carboxylic acids is 1. The maximum atomic E-state index is 13.4. The predicted molar refractivity (Wildman–Crippen MR) is 90.2 cm³/mol. The summed E-state index contributed by atoms with van der Waals surface area (Å²) in [6.07, 6.45) is 3.18. The normalized spacial score (nSPS) is 16.8. The SMILES string of the molecule is COc1ccc(F)cc1C(C)NC(=O)CCS(=O)(=O)C1CCCC1. The van der Waals surface area contributed by atoms with Crippen molar-refractivity contribution in [2.24, 2.45) is 0 Å². The van der Waals surface area contributed by atoms with Gasteiger partial charge in [0.15, 0.2) is 9.84 Å². The number of ether oxygens (including phenoxy) is 1. The van der Waals surface area contributed by atoms with Crippen LogP contribution >= 0.6 is 0 Å². The van der Waals surface area contributed by atoms with Crippen molar-refractivity contribution in [1.29, 1.82) is 0 Å². The molecule has 7 heteroatoms. The lowest BCUT2D eigenvalue weighted by molar-refractivity contribution is -0.121. The summed E-state index contributed by atoms with van der Waals surface area (Å²) in [6, 6.07) is 3.61. The highest BCUT2D eigenvalue weighted by Crippen LogP contribution is 2.27. The van der Waals surface area contributed by atoms with Gasteiger partial charge < -0.3 is 10.1 Å². The fourth-order valence-electron chi connectivity index (χ4n) is 3.08. The molecule has 0 radical (unpaired) electrons. The van der Waals surface area contributed by atoms with Crippen LogP contribution in [-0.2, 0) is 14.6 Å². The third kappa shape index (κ3) is 4.69. The van der Waals surface area contributed by atoms with Gasteiger partial charge in [-0.15, -0.1) is 0 Å². The van der Waals surface area contributed by atoms with E-state index in [-0.39, 0.29) is 23.3 Å². The van der Waals surface area contributed by atoms with Crippen molar-refractivity contribution in [2.75, 3.05) is 12.9 Å². The lowest BCUT2D eigenvalue weighted by Crippen LogP contribution is -2.30. The number of carbonyl (C=O) groups is 1. The number of amides is 1. The minimum Gasteiger partial charge on any atom is -0.496 e. The van der Waals surface area contributed by atoms with Gasteiger partial charge in [-0.25, -0.2) is 12.8 Å². The molecule has 1 N–H and O–H groups in total. The number of hydrogen-bond donors (Lipinski definition) is 1. The van der Waals surface area contributed by atoms with Crippen LogP contribution in [0.2, 0.25) is 0 Å². The summed E-state index contributed by atoms with van der Waals surface area (Å²) in [4.78, 5) is 12.1. The van der Waals surface area contributed by atoms with E-state index in [9.17, 15) is 17.6 Å². The second kappa shape index (κ2) is 7.96. The van der Waals surface area contributed by atoms with E-state index in [2.05, 4.69) is 5.32 Å². The number of methoxy groups -OCH3 is 1. The van der Waals surface area contributed by atoms with E-state index in [1.54, 1.807) is 6.92 Å². The van der Waals surface area contributed by atoms with Gasteiger partial charge in [0.05, 0.1) is 24.2 Å². The Morgan fingerprint density at radius 3 is 2.67 bits per heavy atom. The van der Waals surface area contributed by atoms with Crippen LogP contribution in [0.5, 0.6) is 5.75 Å². The quantitative estimate of drug-likeness (QED) is 0.814. The largest absolute Gasteiger partial charge is 0.496 e. The first-order valence-corrected chi connectivity index (χ1v) is 9.89. The van der Waals surface area contributed by atoms with Crippen LogP contribution in [0.25, 0.3) is 0 Å². The molecule has 1 amide bonds. The maximum Gasteiger partial charge on any atom is 0.221 e. The van der Waals surface area contributed by atoms with Gasteiger partial charge in [-0.1, -0.05) is 12.8 Å². The molecule has 0 spiro atoms. The Balaban J connectivity index is 1.93. The van der Waals surface area contributed by atoms with Crippen LogP contribution in [0, 0.1) is 5.82 Å². The summed E-state index contributed by atoms with van der Waals surface area (Å²) in [5, 5.41) is 2.41. The van der Waals surface area contributed by atoms with Crippen LogP contribution in [-0.4, -0.2) is 32.4 Å². The van der Waals surface area contributed by atoms with E-state index in [4.69, 9.17) is 4.74 Å². The van der Waals surface area contributed by atoms with Crippen molar-refractivity contribution in [3.05, 3.63) is 29.6 Å². The zero-order valence-corrected chi connectivity index (χ0v) is 14.9. The zero-order valence-electron chi connectivity index (χ0n) is 14.0. The summed E-state index contributed by atoms with van der Waals surface area (Å²) >= 11 is 0. The lowest BCUT2D eigenvalue weighted by Gasteiger charge is -2.18. The van der Waals surface area contributed by atoms with Crippen LogP contribution in [0.4, 0.5) is 4.39 Å². The van der Waals surface area contributed by atoms with E-state index in [0.29, 0.717) is 24.2 Å². The molecule has 1 aliphatic carbocycles. The second-order valence-electron chi connectivity index (χ2n) is 6.20. The van der Waals surface area contributed by atoms with Gasteiger partial charge in [0.1, 0.15) is 11.6 Å². The second-order valence-corrected chi connectivity index (χ2v) is 8.60. The minimum atomic E-state index is -3.22. The molecule has 0 saturated heterocycles. The Bertz CT molecular complexity index is 684. The van der Waals surface area contributed by atoms with Gasteiger partial charge in [-0.05, 0) is 38.0 Å². The fourth-order valence-corrected chi connectivity index (χ4v) is 4.94. The number of halogens is 1. The number of nitrogens with one attached hydrogen (secondary N) is 1. The molecule has 0 bridgehead atoms. The van der Waals surface area contributed by atoms with Gasteiger partial charge >= 0.3 is 0 Å². The Morgan fingerprint density at radius 1 is 1.38 bits per heavy atom. The van der Waals surface area contributed by atoms with Crippen molar-refractivity contribution in [2.45, 2.75) is 50.3 Å². The van der Waals surface area contributed by atoms with Gasteiger partial charge in [-0.3, -0.25) is 4.79 Å². The molecule has 1 atom stereocenters. The summed E-state index contributed by atoms with van der Waals surface area (Å²) in [5.41, 5.74) is 0.518. The predicted octanol–water partition coefficient (Wildman–Crippen LogP) is 2.76. The molecular formula is C17H24FNO4S. The molecule has 1 aliphatic rings. The van der Waals surface area contributed by atoms with Gasteiger partial charge in [0.2, 0.25) is 5.91 Å². The average molecular weight is 357 g/mol. The van der Waals surface area contributed by atoms with E-state index in [1.165, 1.54) is 25.3 Å². The summed E-state index contributed by atoms with van der Waals surface area (Å²) in [5.74, 6) is -0.454. The van der Waals surface area contributed by atoms with Crippen LogP contribution < -0.4 is 10.1 Å². The minimum absolute atomic E-state index is 0.0825. The third-order valence-corrected chi connectivity index (χ3v) is 6.72. The van der Waals surface area contributed by atoms with Crippen molar-refractivity contribution < 1.29 is 22.3 Å². The molecule has 0 heterocycles. The first kappa shape index (κ1) is 18.7. The first-order valence-electron chi connectivity index (χ1n) is 8.18. The summed E-state index contributed by atoms with van der Waals surface area (Å²) < 4.78 is 43.0. The lowest BCUT2D eigenvalue weighted by atomic mass is 10.1. The number of sulfone groups is 1. The molecule has 5 nitrogen and oxygen atoms in total. The van der Waals surface area contributed by atoms with E-state index < -0.39 is 21.7 Å². The monoisotopic (exact) mass is 357 g/mol. The molecule has 1 fully saturated rings. The highest BCUT2D eigenvalue weighted by Gasteiger charge is 2.29. The number of rotatable bonds is 7. The smallest absolute Gasteiger partial charge is 0.221 e. The van der Waals surface area contributed by atoms with E-state index >= 15 is 0 Å². The average Bonchev–Trinajstić information content (AvgIpc) is 3.08. The Labute approximate surface area is 142 Å². The van der Waals surface area contributed by atoms with Gasteiger partial charge in [-0.2, -0.15) is 0 Å². The van der Waals surface area contributed by atoms with Crippen LogP contribution in [0.1, 0.15) is 50.6 Å². The number of benzene rings is 1. The third-order valence-electron chi connectivity index (χ3n) is 4.46. The van der Waals surface area contributed by atoms with Crippen molar-refractivity contribution in [3.63, 3.8) is 0 Å². The first-order chi connectivity index (χ1) is 11.3. The number of hydrogen-bond acceptors (Lipinski definition) is 4. The van der Waals surface area contributed by atoms with Crippen LogP contribution in [0.15, 0.2) is 18.2 Å². The Hall–Kier alpha value is -1.63. The molecule has 24 heavy (non-hydrogen) atoms. The fraction of sp³-hybridized carbons (Fsp3) is 0.588. The molecule has 2 rings (SSSR count). The zero-order chi connectivity index (χ0) is 17.7. The van der Waals surface area contributed by atoms with Gasteiger partial charge in [0, 0.05) is 12.0 Å². The summed E-state index contributed by atoms with van der Waals surface area (Å²) in [7, 11) is -1.75. The molecule has 1 aromatic carbocycles. The van der Waals surface area contributed by atoms with Crippen molar-refractivity contribution >= 4 is 15.7 Å². The molecule has 0 aliphatic heterocycles. The highest BCUT2D eigenvalue weighted by atomic mass is 32.2. The maximum absolute atomic E-state index is 13.4. The van der Waals surface area contributed by atoms with Crippen LogP contribution in [0.3, 0.4) is 0 Å². The molecule has 1 saturated carbocycles. The Kier molecular flexibility index (Phi) is 6.21. The van der Waals surface area contributed by atoms with Crippen molar-refractivity contribution in [1.82, 2.24) is 5.32 Å². The topological polar surface area (TPSA) is 72.5 Å². The molecule has 1 unspecified atom stereocenters. The van der Waals surface area contributed by atoms with Gasteiger partial charge in [0.25, 0.3) is 0 Å². The summed E-state index contributed by atoms with van der Waals surface area (Å²) in [6.45, 7) is 1.71. The van der Waals surface area contributed by atoms with Crippen molar-refractivity contribution in [3.8, 4) is 5.75 Å². The molecule has 134 valence electrons. The van der Waals surface area contributed by atoms with E-state index in [0.717, 1.165) is 12.8 Å². The molecular weight excluding hydrogens is 333 g/mol. The van der Waals surface area contributed by atoms with E-state index in [1.807, 2.05) is 0 Å². The highest BCUT2D eigenvalue weighted by molar-refractivity contribution is 7.92. The Morgan fingerprint density at radius 2 is 2.04 bits per heavy atom. The molecule has 1 aromatic rings. The molecule has 0 aromatic heterocycles.